The molecule has 0 saturated carbocycles. The second-order valence-corrected chi connectivity index (χ2v) is 4.99. The summed E-state index contributed by atoms with van der Waals surface area (Å²) in [7, 11) is 1.32. The van der Waals surface area contributed by atoms with Gasteiger partial charge >= 0.3 is 5.97 Å². The van der Waals surface area contributed by atoms with Gasteiger partial charge in [-0.2, -0.15) is 0 Å². The lowest BCUT2D eigenvalue weighted by atomic mass is 10.2. The molecular formula is C12H13BrN2O3. The van der Waals surface area contributed by atoms with Crippen LogP contribution in [0, 0.1) is 0 Å². The lowest BCUT2D eigenvalue weighted by Gasteiger charge is -2.17. The normalized spacial score (nSPS) is 19.2. The van der Waals surface area contributed by atoms with Crippen molar-refractivity contribution in [3.05, 3.63) is 28.2 Å². The molecule has 1 atom stereocenters. The Kier molecular flexibility index (Phi) is 3.68. The molecule has 2 rings (SSSR count). The van der Waals surface area contributed by atoms with Crippen LogP contribution in [0.5, 0.6) is 0 Å². The molecule has 0 radical (unpaired) electrons. The first-order valence-electron chi connectivity index (χ1n) is 5.49. The summed E-state index contributed by atoms with van der Waals surface area (Å²) in [5.41, 5.74) is 6.73. The highest BCUT2D eigenvalue weighted by Gasteiger charge is 2.30. The topological polar surface area (TPSA) is 72.6 Å². The Bertz CT molecular complexity index is 504. The number of ether oxygens (including phenoxy) is 1. The van der Waals surface area contributed by atoms with Gasteiger partial charge in [-0.05, 0) is 24.6 Å². The maximum absolute atomic E-state index is 11.8. The fourth-order valence-corrected chi connectivity index (χ4v) is 2.41. The third kappa shape index (κ3) is 2.39. The Morgan fingerprint density at radius 3 is 2.78 bits per heavy atom. The molecule has 1 aromatic carbocycles. The highest BCUT2D eigenvalue weighted by Crippen LogP contribution is 2.26. The number of hydrogen-bond donors (Lipinski definition) is 1. The number of nitrogens with zero attached hydrogens (tertiary/aromatic N) is 1. The van der Waals surface area contributed by atoms with Crippen LogP contribution in [-0.2, 0) is 9.53 Å². The molecule has 0 aromatic heterocycles. The molecule has 5 nitrogen and oxygen atoms in total. The van der Waals surface area contributed by atoms with Gasteiger partial charge in [0.15, 0.2) is 0 Å². The molecular weight excluding hydrogens is 300 g/mol. The third-order valence-corrected chi connectivity index (χ3v) is 3.32. The van der Waals surface area contributed by atoms with E-state index in [1.807, 2.05) is 0 Å². The van der Waals surface area contributed by atoms with Gasteiger partial charge in [-0.15, -0.1) is 0 Å². The molecule has 1 aliphatic rings. The van der Waals surface area contributed by atoms with E-state index in [1.165, 1.54) is 7.11 Å². The molecule has 1 heterocycles. The van der Waals surface area contributed by atoms with Crippen molar-refractivity contribution < 1.29 is 14.3 Å². The molecule has 0 aliphatic carbocycles. The van der Waals surface area contributed by atoms with Crippen LogP contribution < -0.4 is 10.6 Å². The van der Waals surface area contributed by atoms with Crippen molar-refractivity contribution in [2.24, 2.45) is 5.73 Å². The Hall–Kier alpha value is -1.40. The summed E-state index contributed by atoms with van der Waals surface area (Å²) in [6.45, 7) is 0.567. The lowest BCUT2D eigenvalue weighted by molar-refractivity contribution is -0.118. The van der Waals surface area contributed by atoms with Crippen molar-refractivity contribution in [3.8, 4) is 0 Å². The van der Waals surface area contributed by atoms with Gasteiger partial charge in [0.05, 0.1) is 18.7 Å². The van der Waals surface area contributed by atoms with Crippen molar-refractivity contribution in [1.82, 2.24) is 0 Å². The van der Waals surface area contributed by atoms with E-state index in [9.17, 15) is 9.59 Å². The number of hydrogen-bond acceptors (Lipinski definition) is 4. The van der Waals surface area contributed by atoms with E-state index in [0.717, 1.165) is 0 Å². The molecule has 1 saturated heterocycles. The van der Waals surface area contributed by atoms with E-state index in [4.69, 9.17) is 5.73 Å². The quantitative estimate of drug-likeness (QED) is 0.835. The van der Waals surface area contributed by atoms with Gasteiger partial charge in [0, 0.05) is 16.7 Å². The zero-order chi connectivity index (χ0) is 13.3. The summed E-state index contributed by atoms with van der Waals surface area (Å²) in [6.07, 6.45) is 0.624. The lowest BCUT2D eigenvalue weighted by Crippen LogP contribution is -2.34. The summed E-state index contributed by atoms with van der Waals surface area (Å²) in [5, 5.41) is 0. The molecule has 1 amide bonds. The van der Waals surface area contributed by atoms with Crippen molar-refractivity contribution in [2.45, 2.75) is 12.5 Å². The van der Waals surface area contributed by atoms with Gasteiger partial charge < -0.3 is 15.4 Å². The number of anilines is 1. The molecule has 18 heavy (non-hydrogen) atoms. The Labute approximate surface area is 113 Å². The summed E-state index contributed by atoms with van der Waals surface area (Å²) in [5.74, 6) is -0.558. The smallest absolute Gasteiger partial charge is 0.337 e. The SMILES string of the molecule is COC(=O)c1cc(Br)cc(N2CCC(N)C2=O)c1. The molecule has 2 N–H and O–H groups in total. The molecule has 96 valence electrons. The standard InChI is InChI=1S/C12H13BrN2O3/c1-18-12(17)7-4-8(13)6-9(5-7)15-3-2-10(14)11(15)16/h4-6,10H,2-3,14H2,1H3. The molecule has 1 aliphatic heterocycles. The number of nitrogens with two attached hydrogens (primary N) is 1. The zero-order valence-electron chi connectivity index (χ0n) is 9.85. The maximum Gasteiger partial charge on any atom is 0.337 e. The number of rotatable bonds is 2. The summed E-state index contributed by atoms with van der Waals surface area (Å²) in [4.78, 5) is 24.9. The molecule has 1 unspecified atom stereocenters. The van der Waals surface area contributed by atoms with Crippen LogP contribution in [0.1, 0.15) is 16.8 Å². The summed E-state index contributed by atoms with van der Waals surface area (Å²) >= 11 is 3.32. The monoisotopic (exact) mass is 312 g/mol. The third-order valence-electron chi connectivity index (χ3n) is 2.86. The minimum atomic E-state index is -0.453. The largest absolute Gasteiger partial charge is 0.465 e. The average molecular weight is 313 g/mol. The van der Waals surface area contributed by atoms with Gasteiger partial charge in [-0.1, -0.05) is 15.9 Å². The highest BCUT2D eigenvalue weighted by molar-refractivity contribution is 9.10. The van der Waals surface area contributed by atoms with Gasteiger partial charge in [0.2, 0.25) is 5.91 Å². The number of benzene rings is 1. The fraction of sp³-hybridized carbons (Fsp3) is 0.333. The molecule has 6 heteroatoms. The van der Waals surface area contributed by atoms with E-state index in [-0.39, 0.29) is 5.91 Å². The number of halogens is 1. The van der Waals surface area contributed by atoms with Crippen molar-refractivity contribution in [3.63, 3.8) is 0 Å². The number of carbonyl (C=O) groups is 2. The van der Waals surface area contributed by atoms with E-state index in [1.54, 1.807) is 23.1 Å². The number of amides is 1. The van der Waals surface area contributed by atoms with Crippen molar-refractivity contribution >= 4 is 33.5 Å². The zero-order valence-corrected chi connectivity index (χ0v) is 11.4. The van der Waals surface area contributed by atoms with Crippen molar-refractivity contribution in [2.75, 3.05) is 18.6 Å². The Morgan fingerprint density at radius 1 is 1.50 bits per heavy atom. The van der Waals surface area contributed by atoms with Crippen LogP contribution >= 0.6 is 15.9 Å². The molecule has 1 fully saturated rings. The van der Waals surface area contributed by atoms with Gasteiger partial charge in [-0.3, -0.25) is 4.79 Å². The Morgan fingerprint density at radius 2 is 2.22 bits per heavy atom. The predicted octanol–water partition coefficient (Wildman–Crippen LogP) is 1.30. The number of carbonyl (C=O) groups excluding carboxylic acids is 2. The number of methoxy groups -OCH3 is 1. The minimum Gasteiger partial charge on any atom is -0.465 e. The summed E-state index contributed by atoms with van der Waals surface area (Å²) < 4.78 is 5.39. The van der Waals surface area contributed by atoms with Crippen LogP contribution in [0.25, 0.3) is 0 Å². The molecule has 0 bridgehead atoms. The van der Waals surface area contributed by atoms with E-state index in [0.29, 0.717) is 28.7 Å². The molecule has 0 spiro atoms. The van der Waals surface area contributed by atoms with E-state index < -0.39 is 12.0 Å². The van der Waals surface area contributed by atoms with E-state index in [2.05, 4.69) is 20.7 Å². The van der Waals surface area contributed by atoms with Crippen LogP contribution in [0.4, 0.5) is 5.69 Å². The van der Waals surface area contributed by atoms with Gasteiger partial charge in [0.1, 0.15) is 0 Å². The average Bonchev–Trinajstić information content (AvgIpc) is 2.68. The minimum absolute atomic E-state index is 0.121. The second kappa shape index (κ2) is 5.07. The number of esters is 1. The first-order chi connectivity index (χ1) is 8.52. The van der Waals surface area contributed by atoms with Crippen LogP contribution in [0.15, 0.2) is 22.7 Å². The highest BCUT2D eigenvalue weighted by atomic mass is 79.9. The first-order valence-corrected chi connectivity index (χ1v) is 6.28. The fourth-order valence-electron chi connectivity index (χ4n) is 1.92. The van der Waals surface area contributed by atoms with Crippen LogP contribution in [-0.4, -0.2) is 31.6 Å². The second-order valence-electron chi connectivity index (χ2n) is 4.07. The van der Waals surface area contributed by atoms with Gasteiger partial charge in [-0.25, -0.2) is 4.79 Å². The van der Waals surface area contributed by atoms with Gasteiger partial charge in [0.25, 0.3) is 0 Å². The summed E-state index contributed by atoms with van der Waals surface area (Å²) in [6, 6.07) is 4.61. The van der Waals surface area contributed by atoms with E-state index >= 15 is 0 Å². The first kappa shape index (κ1) is 13.0. The Balaban J connectivity index is 2.37. The van der Waals surface area contributed by atoms with Crippen LogP contribution in [0.2, 0.25) is 0 Å². The van der Waals surface area contributed by atoms with Crippen molar-refractivity contribution in [1.29, 1.82) is 0 Å². The molecule has 1 aromatic rings. The van der Waals surface area contributed by atoms with Crippen LogP contribution in [0.3, 0.4) is 0 Å². The predicted molar refractivity (Wildman–Crippen MR) is 70.4 cm³/mol. The maximum atomic E-state index is 11.8.